The fourth-order valence-corrected chi connectivity index (χ4v) is 3.14. The number of hydrogen-bond donors (Lipinski definition) is 1. The van der Waals surface area contributed by atoms with Crippen molar-refractivity contribution in [2.45, 2.75) is 66.3 Å². The van der Waals surface area contributed by atoms with Crippen LogP contribution in [0.15, 0.2) is 18.2 Å². The van der Waals surface area contributed by atoms with Gasteiger partial charge in [-0.1, -0.05) is 57.4 Å². The smallest absolute Gasteiger partial charge is 0.0351 e. The summed E-state index contributed by atoms with van der Waals surface area (Å²) >= 11 is 0. The fraction of sp³-hybridized carbons (Fsp3) is 0.667. The molecule has 19 heavy (non-hydrogen) atoms. The van der Waals surface area contributed by atoms with Crippen LogP contribution in [0.25, 0.3) is 0 Å². The van der Waals surface area contributed by atoms with Crippen molar-refractivity contribution in [1.82, 2.24) is 5.32 Å². The Hall–Kier alpha value is -0.820. The summed E-state index contributed by atoms with van der Waals surface area (Å²) in [5.74, 6) is 0.761. The largest absolute Gasteiger partial charge is 0.310 e. The second-order valence-corrected chi connectivity index (χ2v) is 5.73. The molecule has 0 aliphatic heterocycles. The van der Waals surface area contributed by atoms with Crippen LogP contribution in [0, 0.1) is 19.8 Å². The first-order chi connectivity index (χ1) is 9.13. The second kappa shape index (κ2) is 8.37. The van der Waals surface area contributed by atoms with Crippen LogP contribution in [0.2, 0.25) is 0 Å². The number of benzene rings is 1. The molecule has 0 aliphatic rings. The van der Waals surface area contributed by atoms with E-state index >= 15 is 0 Å². The summed E-state index contributed by atoms with van der Waals surface area (Å²) in [5.41, 5.74) is 4.29. The zero-order chi connectivity index (χ0) is 14.3. The lowest BCUT2D eigenvalue weighted by atomic mass is 9.84. The summed E-state index contributed by atoms with van der Waals surface area (Å²) in [5, 5.41) is 3.73. The molecular weight excluding hydrogens is 230 g/mol. The molecule has 0 radical (unpaired) electrons. The highest BCUT2D eigenvalue weighted by atomic mass is 14.9. The summed E-state index contributed by atoms with van der Waals surface area (Å²) in [6.07, 6.45) is 5.19. The number of aryl methyl sites for hydroxylation is 2. The summed E-state index contributed by atoms with van der Waals surface area (Å²) in [6.45, 7) is 12.3. The van der Waals surface area contributed by atoms with E-state index in [4.69, 9.17) is 0 Å². The maximum Gasteiger partial charge on any atom is 0.0351 e. The van der Waals surface area contributed by atoms with Gasteiger partial charge >= 0.3 is 0 Å². The highest BCUT2D eigenvalue weighted by molar-refractivity contribution is 5.33. The predicted molar refractivity (Wildman–Crippen MR) is 85.6 cm³/mol. The van der Waals surface area contributed by atoms with Crippen molar-refractivity contribution in [1.29, 1.82) is 0 Å². The lowest BCUT2D eigenvalue weighted by molar-refractivity contribution is 0.319. The van der Waals surface area contributed by atoms with Crippen LogP contribution in [0.4, 0.5) is 0 Å². The van der Waals surface area contributed by atoms with Gasteiger partial charge in [0.2, 0.25) is 0 Å². The lowest BCUT2D eigenvalue weighted by Crippen LogP contribution is -2.29. The van der Waals surface area contributed by atoms with Crippen LogP contribution >= 0.6 is 0 Å². The van der Waals surface area contributed by atoms with Gasteiger partial charge in [0.25, 0.3) is 0 Å². The topological polar surface area (TPSA) is 12.0 Å². The molecule has 0 saturated carbocycles. The third-order valence-electron chi connectivity index (χ3n) is 3.97. The minimum atomic E-state index is 0.519. The molecular formula is C18H31N. The maximum absolute atomic E-state index is 3.73. The van der Waals surface area contributed by atoms with E-state index in [9.17, 15) is 0 Å². The first kappa shape index (κ1) is 16.2. The molecule has 1 atom stereocenters. The molecule has 0 aliphatic carbocycles. The molecule has 0 spiro atoms. The lowest BCUT2D eigenvalue weighted by Gasteiger charge is -2.29. The van der Waals surface area contributed by atoms with Crippen molar-refractivity contribution >= 4 is 0 Å². The SMILES string of the molecule is CCCC(CCC)C(NCC)c1ccc(C)cc1C. The van der Waals surface area contributed by atoms with E-state index in [2.05, 4.69) is 58.1 Å². The Kier molecular flexibility index (Phi) is 7.15. The molecule has 0 heterocycles. The van der Waals surface area contributed by atoms with E-state index in [0.29, 0.717) is 6.04 Å². The third-order valence-corrected chi connectivity index (χ3v) is 3.97. The molecule has 0 saturated heterocycles. The Labute approximate surface area is 119 Å². The zero-order valence-electron chi connectivity index (χ0n) is 13.4. The average molecular weight is 261 g/mol. The normalized spacial score (nSPS) is 12.9. The molecule has 108 valence electrons. The third kappa shape index (κ3) is 4.65. The van der Waals surface area contributed by atoms with Gasteiger partial charge in [-0.2, -0.15) is 0 Å². The van der Waals surface area contributed by atoms with Gasteiger partial charge in [-0.05, 0) is 50.3 Å². The van der Waals surface area contributed by atoms with Crippen molar-refractivity contribution in [3.05, 3.63) is 34.9 Å². The Bertz CT molecular complexity index is 364. The Morgan fingerprint density at radius 2 is 1.63 bits per heavy atom. The van der Waals surface area contributed by atoms with Crippen molar-refractivity contribution in [3.8, 4) is 0 Å². The zero-order valence-corrected chi connectivity index (χ0v) is 13.4. The summed E-state index contributed by atoms with van der Waals surface area (Å²) in [7, 11) is 0. The number of nitrogens with one attached hydrogen (secondary N) is 1. The van der Waals surface area contributed by atoms with Crippen molar-refractivity contribution < 1.29 is 0 Å². The van der Waals surface area contributed by atoms with Gasteiger partial charge in [0.1, 0.15) is 0 Å². The maximum atomic E-state index is 3.73. The van der Waals surface area contributed by atoms with Gasteiger partial charge in [0.05, 0.1) is 0 Å². The molecule has 0 aromatic heterocycles. The van der Waals surface area contributed by atoms with Gasteiger partial charge in [0, 0.05) is 6.04 Å². The van der Waals surface area contributed by atoms with Crippen molar-refractivity contribution in [2.75, 3.05) is 6.54 Å². The molecule has 0 bridgehead atoms. The molecule has 1 rings (SSSR count). The van der Waals surface area contributed by atoms with Gasteiger partial charge in [-0.15, -0.1) is 0 Å². The van der Waals surface area contributed by atoms with E-state index in [1.165, 1.54) is 42.4 Å². The highest BCUT2D eigenvalue weighted by Gasteiger charge is 2.22. The molecule has 1 unspecified atom stereocenters. The van der Waals surface area contributed by atoms with E-state index in [-0.39, 0.29) is 0 Å². The number of rotatable bonds is 8. The monoisotopic (exact) mass is 261 g/mol. The summed E-state index contributed by atoms with van der Waals surface area (Å²) in [6, 6.07) is 7.41. The van der Waals surface area contributed by atoms with Crippen molar-refractivity contribution in [3.63, 3.8) is 0 Å². The van der Waals surface area contributed by atoms with Gasteiger partial charge in [-0.25, -0.2) is 0 Å². The van der Waals surface area contributed by atoms with Crippen LogP contribution in [0.3, 0.4) is 0 Å². The highest BCUT2D eigenvalue weighted by Crippen LogP contribution is 2.31. The molecule has 0 fully saturated rings. The van der Waals surface area contributed by atoms with E-state index in [0.717, 1.165) is 12.5 Å². The first-order valence-electron chi connectivity index (χ1n) is 7.94. The fourth-order valence-electron chi connectivity index (χ4n) is 3.14. The molecule has 0 amide bonds. The van der Waals surface area contributed by atoms with Gasteiger partial charge < -0.3 is 5.32 Å². The van der Waals surface area contributed by atoms with Gasteiger partial charge in [-0.3, -0.25) is 0 Å². The van der Waals surface area contributed by atoms with E-state index in [1.54, 1.807) is 0 Å². The minimum absolute atomic E-state index is 0.519. The Morgan fingerprint density at radius 1 is 1.00 bits per heavy atom. The quantitative estimate of drug-likeness (QED) is 0.680. The molecule has 1 heteroatoms. The second-order valence-electron chi connectivity index (χ2n) is 5.73. The van der Waals surface area contributed by atoms with Crippen LogP contribution in [-0.4, -0.2) is 6.54 Å². The summed E-state index contributed by atoms with van der Waals surface area (Å²) in [4.78, 5) is 0. The van der Waals surface area contributed by atoms with Crippen LogP contribution in [0.1, 0.15) is 69.2 Å². The molecule has 1 nitrogen and oxygen atoms in total. The Balaban J connectivity index is 3.02. The van der Waals surface area contributed by atoms with E-state index in [1.807, 2.05) is 0 Å². The Morgan fingerprint density at radius 3 is 2.11 bits per heavy atom. The van der Waals surface area contributed by atoms with Crippen LogP contribution in [-0.2, 0) is 0 Å². The molecule has 1 N–H and O–H groups in total. The average Bonchev–Trinajstić information content (AvgIpc) is 2.37. The first-order valence-corrected chi connectivity index (χ1v) is 7.94. The molecule has 1 aromatic rings. The van der Waals surface area contributed by atoms with Gasteiger partial charge in [0.15, 0.2) is 0 Å². The summed E-state index contributed by atoms with van der Waals surface area (Å²) < 4.78 is 0. The van der Waals surface area contributed by atoms with Crippen LogP contribution in [0.5, 0.6) is 0 Å². The number of hydrogen-bond acceptors (Lipinski definition) is 1. The van der Waals surface area contributed by atoms with E-state index < -0.39 is 0 Å². The van der Waals surface area contributed by atoms with Crippen molar-refractivity contribution in [2.24, 2.45) is 5.92 Å². The molecule has 1 aromatic carbocycles. The van der Waals surface area contributed by atoms with Crippen LogP contribution < -0.4 is 5.32 Å². The standard InChI is InChI=1S/C18H31N/c1-6-9-16(10-7-2)18(19-8-3)17-12-11-14(4)13-15(17)5/h11-13,16,18-19H,6-10H2,1-5H3. The predicted octanol–water partition coefficient (Wildman–Crippen LogP) is 5.17. The minimum Gasteiger partial charge on any atom is -0.310 e.